The molecule has 1 saturated carbocycles. The molecule has 1 heterocycles. The van der Waals surface area contributed by atoms with Crippen molar-refractivity contribution in [2.75, 3.05) is 19.6 Å². The van der Waals surface area contributed by atoms with Crippen molar-refractivity contribution < 1.29 is 4.79 Å². The van der Waals surface area contributed by atoms with Gasteiger partial charge in [-0.3, -0.25) is 4.79 Å². The van der Waals surface area contributed by atoms with Gasteiger partial charge in [-0.05, 0) is 37.6 Å². The van der Waals surface area contributed by atoms with Gasteiger partial charge in [-0.15, -0.1) is 0 Å². The molecule has 1 aliphatic heterocycles. The fourth-order valence-electron chi connectivity index (χ4n) is 4.05. The van der Waals surface area contributed by atoms with Crippen molar-refractivity contribution in [2.24, 2.45) is 11.8 Å². The van der Waals surface area contributed by atoms with Crippen molar-refractivity contribution >= 4 is 5.91 Å². The Bertz CT molecular complexity index is 299. The highest BCUT2D eigenvalue weighted by molar-refractivity contribution is 5.78. The maximum atomic E-state index is 12.2. The van der Waals surface area contributed by atoms with Crippen LogP contribution < -0.4 is 5.32 Å². The molecule has 2 atom stereocenters. The van der Waals surface area contributed by atoms with Gasteiger partial charge in [-0.1, -0.05) is 39.5 Å². The lowest BCUT2D eigenvalue weighted by Crippen LogP contribution is -2.46. The molecule has 1 saturated heterocycles. The number of carbonyl (C=O) groups is 1. The van der Waals surface area contributed by atoms with E-state index in [0.29, 0.717) is 17.9 Å². The predicted molar refractivity (Wildman–Crippen MR) is 83.6 cm³/mol. The van der Waals surface area contributed by atoms with Crippen LogP contribution in [0.2, 0.25) is 0 Å². The van der Waals surface area contributed by atoms with Gasteiger partial charge in [0.15, 0.2) is 0 Å². The van der Waals surface area contributed by atoms with Crippen LogP contribution in [-0.2, 0) is 4.79 Å². The number of hydrogen-bond acceptors (Lipinski definition) is 2. The number of nitrogens with one attached hydrogen (secondary N) is 1. The van der Waals surface area contributed by atoms with Crippen molar-refractivity contribution in [3.63, 3.8) is 0 Å². The monoisotopic (exact) mass is 280 g/mol. The van der Waals surface area contributed by atoms with Gasteiger partial charge >= 0.3 is 0 Å². The normalized spacial score (nSPS) is 26.2. The molecule has 116 valence electrons. The lowest BCUT2D eigenvalue weighted by Gasteiger charge is -2.33. The number of amides is 1. The van der Waals surface area contributed by atoms with Crippen LogP contribution >= 0.6 is 0 Å². The van der Waals surface area contributed by atoms with Crippen LogP contribution in [0.4, 0.5) is 0 Å². The minimum atomic E-state index is 0.391. The summed E-state index contributed by atoms with van der Waals surface area (Å²) < 4.78 is 0. The molecule has 1 N–H and O–H groups in total. The number of rotatable bonds is 7. The summed E-state index contributed by atoms with van der Waals surface area (Å²) in [6.45, 7) is 7.36. The molecule has 3 heteroatoms. The molecule has 2 aliphatic rings. The third-order valence-electron chi connectivity index (χ3n) is 5.09. The van der Waals surface area contributed by atoms with Crippen molar-refractivity contribution in [3.8, 4) is 0 Å². The first-order chi connectivity index (χ1) is 9.74. The summed E-state index contributed by atoms with van der Waals surface area (Å²) in [6.07, 6.45) is 10.0. The van der Waals surface area contributed by atoms with Crippen LogP contribution in [0.3, 0.4) is 0 Å². The largest absolute Gasteiger partial charge is 0.341 e. The molecular formula is C17H32N2O. The minimum absolute atomic E-state index is 0.391. The van der Waals surface area contributed by atoms with Crippen molar-refractivity contribution in [1.82, 2.24) is 10.2 Å². The molecule has 2 unspecified atom stereocenters. The van der Waals surface area contributed by atoms with E-state index in [1.54, 1.807) is 0 Å². The molecule has 1 aliphatic carbocycles. The summed E-state index contributed by atoms with van der Waals surface area (Å²) in [5.41, 5.74) is 0. The summed E-state index contributed by atoms with van der Waals surface area (Å²) in [4.78, 5) is 14.3. The van der Waals surface area contributed by atoms with Crippen LogP contribution in [-0.4, -0.2) is 36.5 Å². The van der Waals surface area contributed by atoms with E-state index >= 15 is 0 Å². The topological polar surface area (TPSA) is 32.3 Å². The van der Waals surface area contributed by atoms with Gasteiger partial charge in [0, 0.05) is 25.6 Å². The summed E-state index contributed by atoms with van der Waals surface area (Å²) in [7, 11) is 0. The van der Waals surface area contributed by atoms with Gasteiger partial charge in [0.25, 0.3) is 0 Å². The van der Waals surface area contributed by atoms with Crippen LogP contribution in [0.15, 0.2) is 0 Å². The van der Waals surface area contributed by atoms with E-state index < -0.39 is 0 Å². The average molecular weight is 280 g/mol. The van der Waals surface area contributed by atoms with Crippen LogP contribution in [0.5, 0.6) is 0 Å². The highest BCUT2D eigenvalue weighted by atomic mass is 16.2. The smallest absolute Gasteiger partial charge is 0.222 e. The molecule has 0 radical (unpaired) electrons. The van der Waals surface area contributed by atoms with Gasteiger partial charge in [0.05, 0.1) is 0 Å². The van der Waals surface area contributed by atoms with Crippen molar-refractivity contribution in [1.29, 1.82) is 0 Å². The van der Waals surface area contributed by atoms with E-state index in [0.717, 1.165) is 32.0 Å². The standard InChI is InChI=1S/C17H32N2O/c1-3-8-14-11-17(20)19(12-14)13-16(18-4-2)15-9-6-5-7-10-15/h14-16,18H,3-13H2,1-2H3. The Morgan fingerprint density at radius 1 is 1.25 bits per heavy atom. The molecule has 0 aromatic rings. The molecule has 2 rings (SSSR count). The zero-order valence-corrected chi connectivity index (χ0v) is 13.4. The molecule has 3 nitrogen and oxygen atoms in total. The van der Waals surface area contributed by atoms with E-state index in [2.05, 4.69) is 24.1 Å². The number of hydrogen-bond donors (Lipinski definition) is 1. The zero-order chi connectivity index (χ0) is 14.4. The number of nitrogens with zero attached hydrogens (tertiary/aromatic N) is 1. The Kier molecular flexibility index (Phi) is 6.34. The maximum Gasteiger partial charge on any atom is 0.222 e. The van der Waals surface area contributed by atoms with Crippen molar-refractivity contribution in [3.05, 3.63) is 0 Å². The number of likely N-dealkylation sites (N-methyl/N-ethyl adjacent to an activating group) is 1. The second-order valence-electron chi connectivity index (χ2n) is 6.72. The lowest BCUT2D eigenvalue weighted by atomic mass is 9.83. The summed E-state index contributed by atoms with van der Waals surface area (Å²) in [5, 5.41) is 3.65. The van der Waals surface area contributed by atoms with E-state index in [-0.39, 0.29) is 0 Å². The van der Waals surface area contributed by atoms with Crippen LogP contribution in [0, 0.1) is 11.8 Å². The van der Waals surface area contributed by atoms with E-state index in [1.807, 2.05) is 0 Å². The average Bonchev–Trinajstić information content (AvgIpc) is 2.80. The Morgan fingerprint density at radius 2 is 2.00 bits per heavy atom. The van der Waals surface area contributed by atoms with E-state index in [9.17, 15) is 4.79 Å². The Morgan fingerprint density at radius 3 is 2.65 bits per heavy atom. The predicted octanol–water partition coefficient (Wildman–Crippen LogP) is 3.19. The first-order valence-corrected chi connectivity index (χ1v) is 8.75. The first-order valence-electron chi connectivity index (χ1n) is 8.75. The number of carbonyl (C=O) groups excluding carboxylic acids is 1. The minimum Gasteiger partial charge on any atom is -0.341 e. The second kappa shape index (κ2) is 8.02. The Balaban J connectivity index is 1.88. The zero-order valence-electron chi connectivity index (χ0n) is 13.4. The van der Waals surface area contributed by atoms with E-state index in [1.165, 1.54) is 44.9 Å². The molecule has 2 fully saturated rings. The molecule has 0 aromatic carbocycles. The van der Waals surface area contributed by atoms with Crippen LogP contribution in [0.25, 0.3) is 0 Å². The number of likely N-dealkylation sites (tertiary alicyclic amines) is 1. The summed E-state index contributed by atoms with van der Waals surface area (Å²) in [5.74, 6) is 1.78. The van der Waals surface area contributed by atoms with Gasteiger partial charge in [-0.2, -0.15) is 0 Å². The quantitative estimate of drug-likeness (QED) is 0.777. The van der Waals surface area contributed by atoms with E-state index in [4.69, 9.17) is 0 Å². The second-order valence-corrected chi connectivity index (χ2v) is 6.72. The SMILES string of the molecule is CCCC1CC(=O)N(CC(NCC)C2CCCCC2)C1. The first kappa shape index (κ1) is 15.8. The van der Waals surface area contributed by atoms with Gasteiger partial charge < -0.3 is 10.2 Å². The van der Waals surface area contributed by atoms with Crippen molar-refractivity contribution in [2.45, 2.75) is 71.3 Å². The summed E-state index contributed by atoms with van der Waals surface area (Å²) in [6, 6.07) is 0.518. The van der Waals surface area contributed by atoms with Gasteiger partial charge in [0.1, 0.15) is 0 Å². The fourth-order valence-corrected chi connectivity index (χ4v) is 4.05. The molecule has 0 bridgehead atoms. The highest BCUT2D eigenvalue weighted by Crippen LogP contribution is 2.29. The summed E-state index contributed by atoms with van der Waals surface area (Å²) >= 11 is 0. The Hall–Kier alpha value is -0.570. The molecule has 0 aromatic heterocycles. The third-order valence-corrected chi connectivity index (χ3v) is 5.09. The highest BCUT2D eigenvalue weighted by Gasteiger charge is 2.32. The lowest BCUT2D eigenvalue weighted by molar-refractivity contribution is -0.128. The maximum absolute atomic E-state index is 12.2. The molecular weight excluding hydrogens is 248 g/mol. The fraction of sp³-hybridized carbons (Fsp3) is 0.941. The molecule has 0 spiro atoms. The third kappa shape index (κ3) is 4.21. The van der Waals surface area contributed by atoms with Gasteiger partial charge in [-0.25, -0.2) is 0 Å². The molecule has 1 amide bonds. The molecule has 20 heavy (non-hydrogen) atoms. The van der Waals surface area contributed by atoms with Gasteiger partial charge in [0.2, 0.25) is 5.91 Å². The Labute approximate surface area is 124 Å². The van der Waals surface area contributed by atoms with Crippen LogP contribution in [0.1, 0.15) is 65.2 Å².